The lowest BCUT2D eigenvalue weighted by atomic mass is 10.2. The molecule has 8 heteroatoms. The summed E-state index contributed by atoms with van der Waals surface area (Å²) in [4.78, 5) is 22.6. The van der Waals surface area contributed by atoms with E-state index in [9.17, 15) is 9.59 Å². The molecule has 2 rings (SSSR count). The molecule has 8 nitrogen and oxygen atoms in total. The Balaban J connectivity index is 2.16. The normalized spacial score (nSPS) is 10.1. The molecule has 0 spiro atoms. The minimum absolute atomic E-state index is 0.329. The van der Waals surface area contributed by atoms with Gasteiger partial charge in [0.05, 0.1) is 12.8 Å². The lowest BCUT2D eigenvalue weighted by Crippen LogP contribution is -2.17. The third-order valence-corrected chi connectivity index (χ3v) is 2.62. The minimum atomic E-state index is -0.588. The average Bonchev–Trinajstić information content (AvgIpc) is 2.94. The number of amides is 1. The highest BCUT2D eigenvalue weighted by Crippen LogP contribution is 2.18. The molecule has 0 unspecified atom stereocenters. The van der Waals surface area contributed by atoms with Crippen LogP contribution in [0.25, 0.3) is 5.69 Å². The zero-order valence-corrected chi connectivity index (χ0v) is 11.0. The van der Waals surface area contributed by atoms with Crippen LogP contribution in [0.1, 0.15) is 12.0 Å². The van der Waals surface area contributed by atoms with Gasteiger partial charge in [0, 0.05) is 5.69 Å². The Bertz CT molecular complexity index is 624. The summed E-state index contributed by atoms with van der Waals surface area (Å²) in [5, 5.41) is 13.5. The zero-order chi connectivity index (χ0) is 14.5. The van der Waals surface area contributed by atoms with Crippen LogP contribution in [0, 0.1) is 6.92 Å². The highest BCUT2D eigenvalue weighted by Gasteiger charge is 2.11. The summed E-state index contributed by atoms with van der Waals surface area (Å²) in [6.45, 7) is 1.90. The van der Waals surface area contributed by atoms with E-state index in [1.807, 2.05) is 13.0 Å². The fraction of sp³-hybridized carbons (Fsp3) is 0.250. The Kier molecular flexibility index (Phi) is 4.04. The van der Waals surface area contributed by atoms with Crippen molar-refractivity contribution in [2.45, 2.75) is 13.3 Å². The van der Waals surface area contributed by atoms with E-state index in [0.29, 0.717) is 5.69 Å². The second kappa shape index (κ2) is 5.91. The van der Waals surface area contributed by atoms with Gasteiger partial charge in [0.15, 0.2) is 0 Å². The first-order chi connectivity index (χ1) is 9.60. The Morgan fingerprint density at radius 2 is 2.20 bits per heavy atom. The van der Waals surface area contributed by atoms with Crippen LogP contribution in [0.2, 0.25) is 0 Å². The number of hydrogen-bond acceptors (Lipinski definition) is 6. The van der Waals surface area contributed by atoms with Gasteiger partial charge < -0.3 is 10.1 Å². The molecule has 0 fully saturated rings. The molecule has 0 saturated carbocycles. The van der Waals surface area contributed by atoms with E-state index < -0.39 is 11.9 Å². The summed E-state index contributed by atoms with van der Waals surface area (Å²) >= 11 is 0. The molecule has 2 aromatic rings. The Morgan fingerprint density at radius 3 is 2.85 bits per heavy atom. The van der Waals surface area contributed by atoms with Gasteiger partial charge in [-0.25, -0.2) is 4.68 Å². The number of carbonyl (C=O) groups is 2. The summed E-state index contributed by atoms with van der Waals surface area (Å²) < 4.78 is 5.92. The quantitative estimate of drug-likeness (QED) is 0.643. The topological polar surface area (TPSA) is 99.0 Å². The van der Waals surface area contributed by atoms with Crippen molar-refractivity contribution in [2.24, 2.45) is 0 Å². The van der Waals surface area contributed by atoms with Crippen LogP contribution in [0.3, 0.4) is 0 Å². The fourth-order valence-corrected chi connectivity index (χ4v) is 1.61. The van der Waals surface area contributed by atoms with E-state index in [0.717, 1.165) is 11.3 Å². The van der Waals surface area contributed by atoms with Gasteiger partial charge in [-0.05, 0) is 35.0 Å². The highest BCUT2D eigenvalue weighted by molar-refractivity contribution is 6.01. The number of carbonyl (C=O) groups excluding carboxylic acids is 2. The number of methoxy groups -OCH3 is 1. The minimum Gasteiger partial charge on any atom is -0.469 e. The zero-order valence-electron chi connectivity index (χ0n) is 11.0. The smallest absolute Gasteiger partial charge is 0.315 e. The van der Waals surface area contributed by atoms with Crippen LogP contribution in [0.5, 0.6) is 0 Å². The molecule has 1 amide bonds. The van der Waals surface area contributed by atoms with Gasteiger partial charge in [0.25, 0.3) is 0 Å². The van der Waals surface area contributed by atoms with Crippen LogP contribution in [-0.2, 0) is 14.3 Å². The second-order valence-electron chi connectivity index (χ2n) is 4.06. The summed E-state index contributed by atoms with van der Waals surface area (Å²) in [5.41, 5.74) is 2.24. The van der Waals surface area contributed by atoms with Gasteiger partial charge in [-0.3, -0.25) is 9.59 Å². The molecule has 0 radical (unpaired) electrons. The molecule has 0 aliphatic carbocycles. The number of aromatic nitrogens is 4. The van der Waals surface area contributed by atoms with Crippen LogP contribution in [0.15, 0.2) is 24.5 Å². The molecule has 0 aliphatic rings. The van der Waals surface area contributed by atoms with Gasteiger partial charge in [0.2, 0.25) is 5.91 Å². The molecular formula is C12H13N5O3. The van der Waals surface area contributed by atoms with Crippen molar-refractivity contribution in [3.8, 4) is 5.69 Å². The van der Waals surface area contributed by atoms with Gasteiger partial charge in [-0.15, -0.1) is 5.10 Å². The largest absolute Gasteiger partial charge is 0.469 e. The Morgan fingerprint density at radius 1 is 1.40 bits per heavy atom. The third-order valence-electron chi connectivity index (χ3n) is 2.62. The molecule has 1 aromatic heterocycles. The van der Waals surface area contributed by atoms with Gasteiger partial charge >= 0.3 is 5.97 Å². The van der Waals surface area contributed by atoms with Crippen molar-refractivity contribution in [1.82, 2.24) is 20.2 Å². The first-order valence-electron chi connectivity index (χ1n) is 5.81. The molecule has 0 saturated heterocycles. The summed E-state index contributed by atoms with van der Waals surface area (Å²) in [5.74, 6) is -1.03. The first-order valence-corrected chi connectivity index (χ1v) is 5.81. The molecular weight excluding hydrogens is 262 g/mol. The van der Waals surface area contributed by atoms with Crippen LogP contribution >= 0.6 is 0 Å². The highest BCUT2D eigenvalue weighted by atomic mass is 16.5. The molecule has 0 atom stereocenters. The molecule has 1 aromatic carbocycles. The van der Waals surface area contributed by atoms with Crippen molar-refractivity contribution in [3.63, 3.8) is 0 Å². The fourth-order valence-electron chi connectivity index (χ4n) is 1.61. The first kappa shape index (κ1) is 13.7. The van der Waals surface area contributed by atoms with Gasteiger partial charge in [0.1, 0.15) is 12.7 Å². The SMILES string of the molecule is COC(=O)CC(=O)Nc1ccc(C)c(-n2cnnn2)c1. The summed E-state index contributed by atoms with van der Waals surface area (Å²) in [6, 6.07) is 5.28. The molecule has 0 bridgehead atoms. The summed E-state index contributed by atoms with van der Waals surface area (Å²) in [6.07, 6.45) is 1.13. The van der Waals surface area contributed by atoms with Crippen LogP contribution < -0.4 is 5.32 Å². The van der Waals surface area contributed by atoms with Crippen molar-refractivity contribution < 1.29 is 14.3 Å². The lowest BCUT2D eigenvalue weighted by molar-refractivity contribution is -0.142. The number of nitrogens with one attached hydrogen (secondary N) is 1. The van der Waals surface area contributed by atoms with Crippen molar-refractivity contribution in [1.29, 1.82) is 0 Å². The molecule has 1 N–H and O–H groups in total. The van der Waals surface area contributed by atoms with Gasteiger partial charge in [-0.1, -0.05) is 6.07 Å². The van der Waals surface area contributed by atoms with Crippen LogP contribution in [0.4, 0.5) is 5.69 Å². The predicted octanol–water partition coefficient (Wildman–Crippen LogP) is 0.472. The molecule has 20 heavy (non-hydrogen) atoms. The Hall–Kier alpha value is -2.77. The van der Waals surface area contributed by atoms with E-state index in [1.54, 1.807) is 12.1 Å². The molecule has 1 heterocycles. The third kappa shape index (κ3) is 3.16. The maximum absolute atomic E-state index is 11.6. The number of rotatable bonds is 4. The van der Waals surface area contributed by atoms with E-state index >= 15 is 0 Å². The number of aryl methyl sites for hydroxylation is 1. The molecule has 0 aliphatic heterocycles. The number of ether oxygens (including phenoxy) is 1. The second-order valence-corrected chi connectivity index (χ2v) is 4.06. The monoisotopic (exact) mass is 275 g/mol. The average molecular weight is 275 g/mol. The maximum atomic E-state index is 11.6. The number of tetrazole rings is 1. The number of benzene rings is 1. The van der Waals surface area contributed by atoms with Crippen molar-refractivity contribution in [2.75, 3.05) is 12.4 Å². The van der Waals surface area contributed by atoms with E-state index in [4.69, 9.17) is 0 Å². The van der Waals surface area contributed by atoms with E-state index in [2.05, 4.69) is 25.6 Å². The Labute approximate surface area is 114 Å². The van der Waals surface area contributed by atoms with Gasteiger partial charge in [-0.2, -0.15) is 0 Å². The summed E-state index contributed by atoms with van der Waals surface area (Å²) in [7, 11) is 1.23. The number of hydrogen-bond donors (Lipinski definition) is 1. The van der Waals surface area contributed by atoms with Crippen molar-refractivity contribution >= 4 is 17.6 Å². The number of nitrogens with zero attached hydrogens (tertiary/aromatic N) is 4. The van der Waals surface area contributed by atoms with E-state index in [1.165, 1.54) is 18.1 Å². The maximum Gasteiger partial charge on any atom is 0.315 e. The number of anilines is 1. The van der Waals surface area contributed by atoms with Crippen LogP contribution in [-0.4, -0.2) is 39.2 Å². The standard InChI is InChI=1S/C12H13N5O3/c1-8-3-4-9(14-11(18)6-12(19)20-2)5-10(8)17-7-13-15-16-17/h3-5,7H,6H2,1-2H3,(H,14,18). The molecule has 104 valence electrons. The van der Waals surface area contributed by atoms with Crippen molar-refractivity contribution in [3.05, 3.63) is 30.1 Å². The van der Waals surface area contributed by atoms with E-state index in [-0.39, 0.29) is 6.42 Å². The lowest BCUT2D eigenvalue weighted by Gasteiger charge is -2.09. The predicted molar refractivity (Wildman–Crippen MR) is 69.2 cm³/mol. The number of esters is 1.